The highest BCUT2D eigenvalue weighted by atomic mass is 79.9. The Bertz CT molecular complexity index is 256. The SMILES string of the molecule is Cl.N[C@H](CC(F)F)c1sccc1Br. The lowest BCUT2D eigenvalue weighted by Gasteiger charge is -2.08. The molecule has 0 aliphatic heterocycles. The van der Waals surface area contributed by atoms with Gasteiger partial charge in [0.1, 0.15) is 0 Å². The Balaban J connectivity index is 0.00000144. The van der Waals surface area contributed by atoms with Crippen LogP contribution in [0.1, 0.15) is 17.3 Å². The Hall–Kier alpha value is 0.290. The Kier molecular flexibility index (Phi) is 6.04. The van der Waals surface area contributed by atoms with E-state index in [4.69, 9.17) is 5.73 Å². The molecule has 0 aromatic carbocycles. The molecule has 0 radical (unpaired) electrons. The maximum Gasteiger partial charge on any atom is 0.240 e. The predicted octanol–water partition coefficient (Wildman–Crippen LogP) is 3.59. The molecule has 0 aliphatic rings. The van der Waals surface area contributed by atoms with E-state index in [9.17, 15) is 8.78 Å². The largest absolute Gasteiger partial charge is 0.323 e. The molecular weight excluding hydrogens is 284 g/mol. The van der Waals surface area contributed by atoms with E-state index in [2.05, 4.69) is 15.9 Å². The van der Waals surface area contributed by atoms with Gasteiger partial charge in [-0.15, -0.1) is 23.7 Å². The fraction of sp³-hybridized carbons (Fsp3) is 0.429. The lowest BCUT2D eigenvalue weighted by atomic mass is 10.2. The third-order valence-corrected chi connectivity index (χ3v) is 3.42. The van der Waals surface area contributed by atoms with Crippen LogP contribution in [0, 0.1) is 0 Å². The first-order valence-electron chi connectivity index (χ1n) is 3.38. The Morgan fingerprint density at radius 1 is 1.54 bits per heavy atom. The second-order valence-corrected chi connectivity index (χ2v) is 4.17. The van der Waals surface area contributed by atoms with Crippen molar-refractivity contribution in [1.29, 1.82) is 0 Å². The van der Waals surface area contributed by atoms with E-state index in [0.717, 1.165) is 9.35 Å². The average Bonchev–Trinajstić information content (AvgIpc) is 2.33. The van der Waals surface area contributed by atoms with Crippen LogP contribution in [0.25, 0.3) is 0 Å². The van der Waals surface area contributed by atoms with E-state index < -0.39 is 12.5 Å². The maximum absolute atomic E-state index is 11.9. The summed E-state index contributed by atoms with van der Waals surface area (Å²) in [5.41, 5.74) is 5.54. The van der Waals surface area contributed by atoms with Crippen molar-refractivity contribution < 1.29 is 8.78 Å². The molecule has 0 fully saturated rings. The van der Waals surface area contributed by atoms with Crippen molar-refractivity contribution in [1.82, 2.24) is 0 Å². The van der Waals surface area contributed by atoms with Crippen molar-refractivity contribution >= 4 is 39.7 Å². The fourth-order valence-electron chi connectivity index (χ4n) is 0.869. The third kappa shape index (κ3) is 3.89. The number of nitrogens with two attached hydrogens (primary N) is 1. The van der Waals surface area contributed by atoms with Gasteiger partial charge < -0.3 is 5.73 Å². The summed E-state index contributed by atoms with van der Waals surface area (Å²) >= 11 is 4.64. The van der Waals surface area contributed by atoms with Crippen LogP contribution in [0.15, 0.2) is 15.9 Å². The summed E-state index contributed by atoms with van der Waals surface area (Å²) in [6, 6.07) is 1.25. The van der Waals surface area contributed by atoms with Gasteiger partial charge in [-0.25, -0.2) is 8.78 Å². The minimum atomic E-state index is -2.34. The zero-order chi connectivity index (χ0) is 9.14. The van der Waals surface area contributed by atoms with Gasteiger partial charge in [0.2, 0.25) is 6.43 Å². The minimum Gasteiger partial charge on any atom is -0.323 e. The summed E-state index contributed by atoms with van der Waals surface area (Å²) in [5.74, 6) is 0. The van der Waals surface area contributed by atoms with Crippen molar-refractivity contribution in [3.05, 3.63) is 20.8 Å². The monoisotopic (exact) mass is 291 g/mol. The molecule has 0 unspecified atom stereocenters. The van der Waals surface area contributed by atoms with Crippen molar-refractivity contribution in [2.45, 2.75) is 18.9 Å². The second kappa shape index (κ2) is 5.90. The van der Waals surface area contributed by atoms with Crippen LogP contribution in [-0.2, 0) is 0 Å². The molecule has 2 N–H and O–H groups in total. The molecule has 1 aromatic heterocycles. The zero-order valence-corrected chi connectivity index (χ0v) is 9.76. The van der Waals surface area contributed by atoms with Crippen LogP contribution in [0.2, 0.25) is 0 Å². The predicted molar refractivity (Wildman–Crippen MR) is 56.8 cm³/mol. The van der Waals surface area contributed by atoms with Gasteiger partial charge in [0.25, 0.3) is 0 Å². The van der Waals surface area contributed by atoms with E-state index in [1.165, 1.54) is 11.3 Å². The standard InChI is InChI=1S/C7H8BrF2NS.ClH/c8-4-1-2-12-7(4)5(11)3-6(9)10;/h1-2,5-6H,3,11H2;1H/t5-;/m1./s1. The number of hydrogen-bond acceptors (Lipinski definition) is 2. The minimum absolute atomic E-state index is 0. The number of alkyl halides is 2. The molecule has 1 aromatic rings. The summed E-state index contributed by atoms with van der Waals surface area (Å²) in [6.07, 6.45) is -2.62. The summed E-state index contributed by atoms with van der Waals surface area (Å²) < 4.78 is 24.7. The van der Waals surface area contributed by atoms with E-state index >= 15 is 0 Å². The molecule has 1 rings (SSSR count). The molecule has 0 amide bonds. The number of hydrogen-bond donors (Lipinski definition) is 1. The van der Waals surface area contributed by atoms with Crippen LogP contribution in [0.5, 0.6) is 0 Å². The molecular formula is C7H9BrClF2NS. The molecule has 0 spiro atoms. The first-order valence-corrected chi connectivity index (χ1v) is 5.05. The zero-order valence-electron chi connectivity index (χ0n) is 6.54. The Morgan fingerprint density at radius 3 is 2.54 bits per heavy atom. The highest BCUT2D eigenvalue weighted by Gasteiger charge is 2.15. The molecule has 1 heterocycles. The van der Waals surface area contributed by atoms with Crippen LogP contribution in [-0.4, -0.2) is 6.43 Å². The highest BCUT2D eigenvalue weighted by Crippen LogP contribution is 2.30. The van der Waals surface area contributed by atoms with Crippen LogP contribution >= 0.6 is 39.7 Å². The molecule has 0 saturated heterocycles. The van der Waals surface area contributed by atoms with Crippen molar-refractivity contribution in [3.63, 3.8) is 0 Å². The molecule has 0 saturated carbocycles. The molecule has 0 bridgehead atoms. The van der Waals surface area contributed by atoms with E-state index in [1.807, 2.05) is 11.4 Å². The molecule has 76 valence electrons. The van der Waals surface area contributed by atoms with Gasteiger partial charge in [-0.1, -0.05) is 0 Å². The molecule has 6 heteroatoms. The average molecular weight is 293 g/mol. The lowest BCUT2D eigenvalue weighted by Crippen LogP contribution is -2.12. The fourth-order valence-corrected chi connectivity index (χ4v) is 2.55. The molecule has 1 nitrogen and oxygen atoms in total. The van der Waals surface area contributed by atoms with Gasteiger partial charge in [0.15, 0.2) is 0 Å². The highest BCUT2D eigenvalue weighted by molar-refractivity contribution is 9.10. The lowest BCUT2D eigenvalue weighted by molar-refractivity contribution is 0.129. The van der Waals surface area contributed by atoms with Crippen molar-refractivity contribution in [2.75, 3.05) is 0 Å². The summed E-state index contributed by atoms with van der Waals surface area (Å²) in [4.78, 5) is 0.787. The van der Waals surface area contributed by atoms with E-state index in [0.29, 0.717) is 0 Å². The van der Waals surface area contributed by atoms with Crippen molar-refractivity contribution in [3.8, 4) is 0 Å². The number of halogens is 4. The first-order chi connectivity index (χ1) is 5.61. The normalized spacial score (nSPS) is 12.7. The summed E-state index contributed by atoms with van der Waals surface area (Å²) in [5, 5.41) is 1.82. The maximum atomic E-state index is 11.9. The Morgan fingerprint density at radius 2 is 2.15 bits per heavy atom. The van der Waals surface area contributed by atoms with Crippen molar-refractivity contribution in [2.24, 2.45) is 5.73 Å². The number of thiophene rings is 1. The van der Waals surface area contributed by atoms with Gasteiger partial charge in [-0.2, -0.15) is 0 Å². The molecule has 13 heavy (non-hydrogen) atoms. The smallest absolute Gasteiger partial charge is 0.240 e. The summed E-state index contributed by atoms with van der Waals surface area (Å²) in [7, 11) is 0. The van der Waals surface area contributed by atoms with Crippen LogP contribution < -0.4 is 5.73 Å². The third-order valence-electron chi connectivity index (χ3n) is 1.41. The Labute approximate surface area is 93.9 Å². The van der Waals surface area contributed by atoms with Crippen LogP contribution in [0.4, 0.5) is 8.78 Å². The van der Waals surface area contributed by atoms with Gasteiger partial charge in [-0.3, -0.25) is 0 Å². The number of rotatable bonds is 3. The van der Waals surface area contributed by atoms with E-state index in [-0.39, 0.29) is 18.8 Å². The molecule has 0 aliphatic carbocycles. The van der Waals surface area contributed by atoms with Crippen LogP contribution in [0.3, 0.4) is 0 Å². The second-order valence-electron chi connectivity index (χ2n) is 2.37. The first kappa shape index (κ1) is 13.3. The topological polar surface area (TPSA) is 26.0 Å². The summed E-state index contributed by atoms with van der Waals surface area (Å²) in [6.45, 7) is 0. The van der Waals surface area contributed by atoms with Gasteiger partial charge in [-0.05, 0) is 27.4 Å². The van der Waals surface area contributed by atoms with Gasteiger partial charge >= 0.3 is 0 Å². The van der Waals surface area contributed by atoms with Gasteiger partial charge in [0, 0.05) is 21.8 Å². The van der Waals surface area contributed by atoms with E-state index in [1.54, 1.807) is 0 Å². The molecule has 1 atom stereocenters. The quantitative estimate of drug-likeness (QED) is 0.905. The van der Waals surface area contributed by atoms with Gasteiger partial charge in [0.05, 0.1) is 0 Å².